The lowest BCUT2D eigenvalue weighted by Crippen LogP contribution is -2.33. The zero-order valence-electron chi connectivity index (χ0n) is 12.3. The third-order valence-electron chi connectivity index (χ3n) is 2.89. The Morgan fingerprint density at radius 2 is 2.09 bits per heavy atom. The van der Waals surface area contributed by atoms with Gasteiger partial charge < -0.3 is 10.6 Å². The van der Waals surface area contributed by atoms with Crippen molar-refractivity contribution in [3.63, 3.8) is 0 Å². The number of hydrogen-bond donors (Lipinski definition) is 2. The molecule has 6 nitrogen and oxygen atoms in total. The van der Waals surface area contributed by atoms with Gasteiger partial charge in [-0.05, 0) is 18.6 Å². The number of rotatable bonds is 7. The fourth-order valence-electron chi connectivity index (χ4n) is 1.81. The number of amides is 2. The number of nitrogens with one attached hydrogen (secondary N) is 2. The van der Waals surface area contributed by atoms with E-state index in [1.165, 1.54) is 6.92 Å². The van der Waals surface area contributed by atoms with E-state index in [0.29, 0.717) is 25.9 Å². The van der Waals surface area contributed by atoms with E-state index < -0.39 is 0 Å². The second-order valence-corrected chi connectivity index (χ2v) is 5.58. The fraction of sp³-hybridized carbons (Fsp3) is 0.333. The smallest absolute Gasteiger partial charge is 0.220 e. The van der Waals surface area contributed by atoms with Gasteiger partial charge in [-0.1, -0.05) is 0 Å². The molecule has 7 heteroatoms. The lowest BCUT2D eigenvalue weighted by molar-refractivity contribution is -0.122. The Kier molecular flexibility index (Phi) is 6.02. The SMILES string of the molecule is CC(=O)NCCNC(=O)CCc1csc(-c2cccnc2)n1. The molecular weight excluding hydrogens is 300 g/mol. The first-order valence-electron chi connectivity index (χ1n) is 7.01. The maximum absolute atomic E-state index is 11.7. The van der Waals surface area contributed by atoms with E-state index in [0.717, 1.165) is 16.3 Å². The molecule has 0 bridgehead atoms. The van der Waals surface area contributed by atoms with E-state index in [4.69, 9.17) is 0 Å². The average molecular weight is 318 g/mol. The number of aryl methyl sites for hydroxylation is 1. The van der Waals surface area contributed by atoms with Gasteiger partial charge in [-0.15, -0.1) is 11.3 Å². The van der Waals surface area contributed by atoms with E-state index in [1.54, 1.807) is 23.7 Å². The summed E-state index contributed by atoms with van der Waals surface area (Å²) in [6, 6.07) is 3.84. The van der Waals surface area contributed by atoms with Crippen LogP contribution in [0, 0.1) is 0 Å². The molecule has 0 spiro atoms. The largest absolute Gasteiger partial charge is 0.355 e. The Balaban J connectivity index is 1.74. The summed E-state index contributed by atoms with van der Waals surface area (Å²) in [7, 11) is 0. The molecule has 0 saturated heterocycles. The molecule has 0 aromatic carbocycles. The van der Waals surface area contributed by atoms with Gasteiger partial charge in [-0.2, -0.15) is 0 Å². The molecule has 0 saturated carbocycles. The molecule has 0 radical (unpaired) electrons. The Morgan fingerprint density at radius 1 is 1.27 bits per heavy atom. The molecule has 2 aromatic heterocycles. The van der Waals surface area contributed by atoms with Gasteiger partial charge in [0.25, 0.3) is 0 Å². The van der Waals surface area contributed by atoms with Gasteiger partial charge in [0.2, 0.25) is 11.8 Å². The van der Waals surface area contributed by atoms with Crippen molar-refractivity contribution in [3.05, 3.63) is 35.6 Å². The van der Waals surface area contributed by atoms with Crippen LogP contribution in [0.1, 0.15) is 19.0 Å². The first kappa shape index (κ1) is 16.1. The van der Waals surface area contributed by atoms with E-state index in [9.17, 15) is 9.59 Å². The van der Waals surface area contributed by atoms with Crippen molar-refractivity contribution in [2.45, 2.75) is 19.8 Å². The Labute approximate surface area is 133 Å². The average Bonchev–Trinajstić information content (AvgIpc) is 2.99. The van der Waals surface area contributed by atoms with Crippen LogP contribution in [-0.4, -0.2) is 34.9 Å². The summed E-state index contributed by atoms with van der Waals surface area (Å²) in [5.41, 5.74) is 1.89. The lowest BCUT2D eigenvalue weighted by atomic mass is 10.2. The molecule has 2 amide bonds. The van der Waals surface area contributed by atoms with Crippen LogP contribution in [0.25, 0.3) is 10.6 Å². The highest BCUT2D eigenvalue weighted by atomic mass is 32.1. The minimum absolute atomic E-state index is 0.0405. The number of hydrogen-bond acceptors (Lipinski definition) is 5. The van der Waals surface area contributed by atoms with Gasteiger partial charge in [0, 0.05) is 49.8 Å². The first-order valence-corrected chi connectivity index (χ1v) is 7.89. The first-order chi connectivity index (χ1) is 10.6. The summed E-state index contributed by atoms with van der Waals surface area (Å²) in [4.78, 5) is 30.9. The van der Waals surface area contributed by atoms with E-state index >= 15 is 0 Å². The predicted octanol–water partition coefficient (Wildman–Crippen LogP) is 1.39. The summed E-state index contributed by atoms with van der Waals surface area (Å²) >= 11 is 1.55. The zero-order chi connectivity index (χ0) is 15.8. The second-order valence-electron chi connectivity index (χ2n) is 4.72. The minimum Gasteiger partial charge on any atom is -0.355 e. The molecule has 22 heavy (non-hydrogen) atoms. The van der Waals surface area contributed by atoms with Gasteiger partial charge in [0.1, 0.15) is 5.01 Å². The number of nitrogens with zero attached hydrogens (tertiary/aromatic N) is 2. The quantitative estimate of drug-likeness (QED) is 0.756. The third kappa shape index (κ3) is 5.25. The van der Waals surface area contributed by atoms with Gasteiger partial charge in [0.15, 0.2) is 0 Å². The lowest BCUT2D eigenvalue weighted by Gasteiger charge is -2.04. The summed E-state index contributed by atoms with van der Waals surface area (Å²) in [6.07, 6.45) is 4.49. The monoisotopic (exact) mass is 318 g/mol. The van der Waals surface area contributed by atoms with Crippen molar-refractivity contribution < 1.29 is 9.59 Å². The summed E-state index contributed by atoms with van der Waals surface area (Å²) < 4.78 is 0. The van der Waals surface area contributed by atoms with Gasteiger partial charge in [0.05, 0.1) is 5.69 Å². The number of carbonyl (C=O) groups is 2. The molecule has 0 fully saturated rings. The summed E-state index contributed by atoms with van der Waals surface area (Å²) in [6.45, 7) is 2.34. The maximum Gasteiger partial charge on any atom is 0.220 e. The number of thiazole rings is 1. The van der Waals surface area contributed by atoms with Crippen molar-refractivity contribution >= 4 is 23.2 Å². The predicted molar refractivity (Wildman–Crippen MR) is 85.4 cm³/mol. The molecule has 2 aromatic rings. The van der Waals surface area contributed by atoms with Crippen LogP contribution in [0.4, 0.5) is 0 Å². The van der Waals surface area contributed by atoms with E-state index in [2.05, 4.69) is 20.6 Å². The summed E-state index contributed by atoms with van der Waals surface area (Å²) in [5, 5.41) is 8.26. The highest BCUT2D eigenvalue weighted by Gasteiger charge is 2.07. The standard InChI is InChI=1S/C15H18N4O2S/c1-11(20)17-7-8-18-14(21)5-4-13-10-22-15(19-13)12-3-2-6-16-9-12/h2-3,6,9-10H,4-5,7-8H2,1H3,(H,17,20)(H,18,21). The van der Waals surface area contributed by atoms with Gasteiger partial charge in [-0.3, -0.25) is 14.6 Å². The van der Waals surface area contributed by atoms with Crippen LogP contribution in [-0.2, 0) is 16.0 Å². The fourth-order valence-corrected chi connectivity index (χ4v) is 2.66. The van der Waals surface area contributed by atoms with E-state index in [-0.39, 0.29) is 11.8 Å². The Bertz CT molecular complexity index is 627. The maximum atomic E-state index is 11.7. The normalized spacial score (nSPS) is 10.2. The van der Waals surface area contributed by atoms with Crippen molar-refractivity contribution in [1.82, 2.24) is 20.6 Å². The molecule has 0 aliphatic rings. The third-order valence-corrected chi connectivity index (χ3v) is 3.83. The Morgan fingerprint density at radius 3 is 2.82 bits per heavy atom. The van der Waals surface area contributed by atoms with Crippen LogP contribution in [0.15, 0.2) is 29.9 Å². The zero-order valence-corrected chi connectivity index (χ0v) is 13.2. The van der Waals surface area contributed by atoms with Gasteiger partial charge in [-0.25, -0.2) is 4.98 Å². The Hall–Kier alpha value is -2.28. The topological polar surface area (TPSA) is 84.0 Å². The van der Waals surface area contributed by atoms with Crippen LogP contribution < -0.4 is 10.6 Å². The van der Waals surface area contributed by atoms with Crippen LogP contribution >= 0.6 is 11.3 Å². The molecule has 0 aliphatic carbocycles. The molecule has 0 unspecified atom stereocenters. The van der Waals surface area contributed by atoms with Crippen LogP contribution in [0.2, 0.25) is 0 Å². The number of pyridine rings is 1. The number of aromatic nitrogens is 2. The highest BCUT2D eigenvalue weighted by Crippen LogP contribution is 2.23. The molecule has 0 aliphatic heterocycles. The molecular formula is C15H18N4O2S. The highest BCUT2D eigenvalue weighted by molar-refractivity contribution is 7.13. The van der Waals surface area contributed by atoms with Crippen molar-refractivity contribution in [1.29, 1.82) is 0 Å². The molecule has 2 N–H and O–H groups in total. The summed E-state index contributed by atoms with van der Waals surface area (Å²) in [5.74, 6) is -0.138. The second kappa shape index (κ2) is 8.23. The van der Waals surface area contributed by atoms with Crippen molar-refractivity contribution in [2.24, 2.45) is 0 Å². The molecule has 0 atom stereocenters. The van der Waals surface area contributed by atoms with Gasteiger partial charge >= 0.3 is 0 Å². The van der Waals surface area contributed by atoms with Crippen molar-refractivity contribution in [2.75, 3.05) is 13.1 Å². The number of carbonyl (C=O) groups excluding carboxylic acids is 2. The molecule has 2 rings (SSSR count). The molecule has 116 valence electrons. The minimum atomic E-state index is -0.0975. The van der Waals surface area contributed by atoms with Crippen LogP contribution in [0.5, 0.6) is 0 Å². The molecule has 2 heterocycles. The van der Waals surface area contributed by atoms with Crippen molar-refractivity contribution in [3.8, 4) is 10.6 Å². The van der Waals surface area contributed by atoms with Crippen LogP contribution in [0.3, 0.4) is 0 Å². The van der Waals surface area contributed by atoms with E-state index in [1.807, 2.05) is 17.5 Å².